The third-order valence-corrected chi connectivity index (χ3v) is 4.75. The van der Waals surface area contributed by atoms with E-state index in [1.54, 1.807) is 72.8 Å². The number of halogens is 1. The molecule has 6 nitrogen and oxygen atoms in total. The van der Waals surface area contributed by atoms with Gasteiger partial charge in [-0.3, -0.25) is 4.79 Å². The smallest absolute Gasteiger partial charge is 0.459 e. The van der Waals surface area contributed by atoms with Gasteiger partial charge in [0.2, 0.25) is 17.7 Å². The van der Waals surface area contributed by atoms with Gasteiger partial charge in [0.1, 0.15) is 0 Å². The molecule has 0 unspecified atom stereocenters. The van der Waals surface area contributed by atoms with Gasteiger partial charge in [-0.05, 0) is 28.8 Å². The Morgan fingerprint density at radius 3 is 2.41 bits per heavy atom. The summed E-state index contributed by atoms with van der Waals surface area (Å²) in [6, 6.07) is 22.5. The van der Waals surface area contributed by atoms with E-state index in [1.165, 1.54) is 9.13 Å². The van der Waals surface area contributed by atoms with Gasteiger partial charge in [0.05, 0.1) is 0 Å². The van der Waals surface area contributed by atoms with Crippen molar-refractivity contribution in [3.05, 3.63) is 83.9 Å². The second kappa shape index (κ2) is 7.77. The molecule has 0 saturated heterocycles. The van der Waals surface area contributed by atoms with E-state index in [2.05, 4.69) is 5.32 Å². The maximum Gasteiger partial charge on any atom is 0.638 e. The van der Waals surface area contributed by atoms with Crippen LogP contribution in [0.4, 0.5) is 5.69 Å². The zero-order valence-electron chi connectivity index (χ0n) is 15.3. The second-order valence-electron chi connectivity index (χ2n) is 6.46. The lowest BCUT2D eigenvalue weighted by molar-refractivity contribution is -0.774. The number of para-hydroxylation sites is 2. The van der Waals surface area contributed by atoms with Crippen LogP contribution < -0.4 is 14.5 Å². The molecule has 0 aliphatic rings. The molecule has 7 heteroatoms. The summed E-state index contributed by atoms with van der Waals surface area (Å²) in [4.78, 5) is 12.7. The topological polar surface area (TPSA) is 77.3 Å². The number of fused-ring (bicyclic) bond motifs is 1. The van der Waals surface area contributed by atoms with Crippen molar-refractivity contribution in [1.29, 1.82) is 0 Å². The van der Waals surface area contributed by atoms with Gasteiger partial charge in [0, 0.05) is 28.9 Å². The van der Waals surface area contributed by atoms with Gasteiger partial charge in [-0.15, -0.1) is 0 Å². The largest absolute Gasteiger partial charge is 0.638 e. The number of anilines is 1. The summed E-state index contributed by atoms with van der Waals surface area (Å²) in [5.74, 6) is -0.459. The van der Waals surface area contributed by atoms with Gasteiger partial charge in [0.25, 0.3) is 5.91 Å². The highest BCUT2D eigenvalue weighted by molar-refractivity contribution is 6.30. The Morgan fingerprint density at radius 2 is 1.66 bits per heavy atom. The third-order valence-electron chi connectivity index (χ3n) is 4.51. The molecule has 0 bridgehead atoms. The Labute approximate surface area is 171 Å². The van der Waals surface area contributed by atoms with E-state index in [1.807, 2.05) is 6.07 Å². The normalized spacial score (nSPS) is 10.8. The first-order chi connectivity index (χ1) is 14.0. The van der Waals surface area contributed by atoms with Crippen LogP contribution in [0.25, 0.3) is 16.6 Å². The minimum absolute atomic E-state index is 0.115. The van der Waals surface area contributed by atoms with Gasteiger partial charge in [0.15, 0.2) is 5.39 Å². The number of nitrogens with one attached hydrogen (secondary N) is 1. The first kappa shape index (κ1) is 18.7. The fourth-order valence-corrected chi connectivity index (χ4v) is 3.41. The fraction of sp³-hybridized carbons (Fsp3) is 0.0455. The van der Waals surface area contributed by atoms with E-state index in [0.29, 0.717) is 27.3 Å². The average Bonchev–Trinajstić information content (AvgIpc) is 2.72. The number of hydrogen-bond acceptors (Lipinski definition) is 3. The van der Waals surface area contributed by atoms with Gasteiger partial charge < -0.3 is 15.5 Å². The number of hydrogen-bond donors (Lipinski definition) is 3. The van der Waals surface area contributed by atoms with Crippen molar-refractivity contribution in [2.24, 2.45) is 0 Å². The van der Waals surface area contributed by atoms with Crippen LogP contribution in [0.15, 0.2) is 78.9 Å². The minimum atomic E-state index is -0.344. The van der Waals surface area contributed by atoms with Gasteiger partial charge in [-0.1, -0.05) is 52.6 Å². The number of amides is 1. The van der Waals surface area contributed by atoms with Crippen LogP contribution in [-0.4, -0.2) is 16.1 Å². The van der Waals surface area contributed by atoms with Crippen LogP contribution in [0, 0.1) is 0 Å². The van der Waals surface area contributed by atoms with Crippen LogP contribution in [0.3, 0.4) is 0 Å². The quantitative estimate of drug-likeness (QED) is 0.455. The maximum atomic E-state index is 12.7. The number of nitrogens with zero attached hydrogens (tertiary/aromatic N) is 2. The summed E-state index contributed by atoms with van der Waals surface area (Å²) in [7, 11) is 0. The fourth-order valence-electron chi connectivity index (χ4n) is 3.22. The van der Waals surface area contributed by atoms with Crippen molar-refractivity contribution < 1.29 is 24.1 Å². The molecule has 0 atom stereocenters. The van der Waals surface area contributed by atoms with Crippen molar-refractivity contribution in [3.63, 3.8) is 0 Å². The summed E-state index contributed by atoms with van der Waals surface area (Å²) in [5.41, 5.74) is 1.65. The van der Waals surface area contributed by atoms with Crippen molar-refractivity contribution in [2.75, 3.05) is 5.32 Å². The monoisotopic (exact) mass is 407 g/mol. The molecule has 0 aliphatic carbocycles. The Balaban J connectivity index is 1.80. The number of benzene rings is 3. The molecular weight excluding hydrogens is 390 g/mol. The van der Waals surface area contributed by atoms with E-state index >= 15 is 0 Å². The lowest BCUT2D eigenvalue weighted by Gasteiger charge is -2.06. The number of carbonyl (C=O) groups excluding carboxylic acids is 1. The average molecular weight is 408 g/mol. The van der Waals surface area contributed by atoms with Crippen LogP contribution in [0.1, 0.15) is 0 Å². The molecule has 0 radical (unpaired) electrons. The van der Waals surface area contributed by atoms with E-state index in [-0.39, 0.29) is 24.3 Å². The van der Waals surface area contributed by atoms with E-state index in [0.717, 1.165) is 0 Å². The van der Waals surface area contributed by atoms with Crippen LogP contribution >= 0.6 is 11.6 Å². The zero-order valence-corrected chi connectivity index (χ0v) is 16.0. The Morgan fingerprint density at radius 1 is 0.931 bits per heavy atom. The summed E-state index contributed by atoms with van der Waals surface area (Å²) in [5, 5.41) is 25.5. The van der Waals surface area contributed by atoms with Crippen molar-refractivity contribution >= 4 is 34.1 Å². The van der Waals surface area contributed by atoms with Gasteiger partial charge in [-0.2, -0.15) is 0 Å². The van der Waals surface area contributed by atoms with Crippen molar-refractivity contribution in [3.8, 4) is 17.6 Å². The van der Waals surface area contributed by atoms with Crippen LogP contribution in [-0.2, 0) is 11.3 Å². The Kier molecular flexibility index (Phi) is 5.01. The number of carbonyl (C=O) groups is 1. The minimum Gasteiger partial charge on any atom is -0.459 e. The molecule has 144 valence electrons. The molecule has 29 heavy (non-hydrogen) atoms. The molecule has 3 aromatic carbocycles. The second-order valence-corrected chi connectivity index (χ2v) is 6.89. The van der Waals surface area contributed by atoms with E-state index < -0.39 is 0 Å². The molecule has 0 saturated carbocycles. The van der Waals surface area contributed by atoms with E-state index in [4.69, 9.17) is 11.6 Å². The summed E-state index contributed by atoms with van der Waals surface area (Å²) in [6.45, 7) is -0.161. The van der Waals surface area contributed by atoms with Crippen LogP contribution in [0.5, 0.6) is 11.9 Å². The summed E-state index contributed by atoms with van der Waals surface area (Å²) >= 11 is 5.97. The number of aromatic nitrogens is 2. The Hall–Kier alpha value is -3.64. The number of rotatable bonds is 4. The molecule has 4 rings (SSSR count). The molecule has 0 aliphatic heterocycles. The highest BCUT2D eigenvalue weighted by Crippen LogP contribution is 2.22. The van der Waals surface area contributed by atoms with Crippen molar-refractivity contribution in [2.45, 2.75) is 6.54 Å². The molecule has 3 N–H and O–H groups in total. The molecule has 0 spiro atoms. The van der Waals surface area contributed by atoms with E-state index in [9.17, 15) is 15.0 Å². The lowest BCUT2D eigenvalue weighted by Crippen LogP contribution is -2.49. The third kappa shape index (κ3) is 3.70. The molecule has 1 aromatic heterocycles. The Bertz CT molecular complexity index is 1210. The number of aromatic hydroxyl groups is 2. The molecule has 1 heterocycles. The molecule has 4 aromatic rings. The summed E-state index contributed by atoms with van der Waals surface area (Å²) in [6.07, 6.45) is 0. The zero-order chi connectivity index (χ0) is 20.4. The maximum absolute atomic E-state index is 12.7. The standard InChI is InChI=1S/C22H16ClN3O3/c23-15-7-6-8-16(13-15)24-20(27)14-25-19-12-5-4-11-18(19)21(28)26(22(25)29)17-9-2-1-3-10-17/h1-13H,14H2,(H,24,27)/p+2. The molecular formula is C22H18ClN3O3+2. The lowest BCUT2D eigenvalue weighted by atomic mass is 10.2. The van der Waals surface area contributed by atoms with Crippen LogP contribution in [0.2, 0.25) is 5.02 Å². The highest BCUT2D eigenvalue weighted by Gasteiger charge is 2.36. The highest BCUT2D eigenvalue weighted by atomic mass is 35.5. The predicted molar refractivity (Wildman–Crippen MR) is 109 cm³/mol. The molecule has 0 fully saturated rings. The SMILES string of the molecule is O=C(C[n+]1c(O)[n+](-c2ccccc2)c(O)c2ccccc21)Nc1cccc(Cl)c1. The summed E-state index contributed by atoms with van der Waals surface area (Å²) < 4.78 is 2.75. The predicted octanol–water partition coefficient (Wildman–Crippen LogP) is 3.11. The first-order valence-corrected chi connectivity index (χ1v) is 9.32. The molecule has 1 amide bonds. The van der Waals surface area contributed by atoms with Gasteiger partial charge in [-0.25, -0.2) is 0 Å². The first-order valence-electron chi connectivity index (χ1n) is 8.94. The van der Waals surface area contributed by atoms with Crippen molar-refractivity contribution in [1.82, 2.24) is 0 Å². The van der Waals surface area contributed by atoms with Gasteiger partial charge >= 0.3 is 11.9 Å².